The smallest absolute Gasteiger partial charge is 0.249 e. The average Bonchev–Trinajstić information content (AvgIpc) is 2.03. The molecular weight excluding hydrogens is 166 g/mol. The summed E-state index contributed by atoms with van der Waals surface area (Å²) in [6.07, 6.45) is -0.539. The molecule has 0 saturated carbocycles. The van der Waals surface area contributed by atoms with Crippen LogP contribution in [0.25, 0.3) is 0 Å². The molecule has 0 aromatic carbocycles. The molecule has 1 unspecified atom stereocenters. The van der Waals surface area contributed by atoms with Crippen molar-refractivity contribution in [3.63, 3.8) is 0 Å². The predicted molar refractivity (Wildman–Crippen MR) is 44.6 cm³/mol. The van der Waals surface area contributed by atoms with Crippen LogP contribution in [0, 0.1) is 0 Å². The Bertz CT molecular complexity index is 120. The molecule has 0 radical (unpaired) electrons. The van der Waals surface area contributed by atoms with Gasteiger partial charge in [-0.05, 0) is 6.42 Å². The largest absolute Gasteiger partial charge is 0.396 e. The fourth-order valence-electron chi connectivity index (χ4n) is 0.491. The molecule has 5 heteroatoms. The van der Waals surface area contributed by atoms with Gasteiger partial charge >= 0.3 is 0 Å². The molecular formula is C6H13NO3S. The van der Waals surface area contributed by atoms with Gasteiger partial charge in [0.2, 0.25) is 5.91 Å². The fraction of sp³-hybridized carbons (Fsp3) is 0.833. The minimum Gasteiger partial charge on any atom is -0.396 e. The van der Waals surface area contributed by atoms with Crippen LogP contribution < -0.4 is 5.32 Å². The highest BCUT2D eigenvalue weighted by atomic mass is 32.1. The van der Waals surface area contributed by atoms with E-state index in [1.807, 2.05) is 0 Å². The summed E-state index contributed by atoms with van der Waals surface area (Å²) in [5, 5.41) is 19.7. The second kappa shape index (κ2) is 6.45. The number of hydrogen-bond acceptors (Lipinski definition) is 4. The maximum absolute atomic E-state index is 10.8. The van der Waals surface area contributed by atoms with Gasteiger partial charge in [-0.25, -0.2) is 0 Å². The third kappa shape index (κ3) is 5.06. The van der Waals surface area contributed by atoms with E-state index in [2.05, 4.69) is 17.9 Å². The molecule has 0 fully saturated rings. The monoisotopic (exact) mass is 179 g/mol. The Kier molecular flexibility index (Phi) is 6.30. The number of hydrogen-bond donors (Lipinski definition) is 4. The Hall–Kier alpha value is -0.260. The van der Waals surface area contributed by atoms with Crippen LogP contribution >= 0.6 is 12.6 Å². The van der Waals surface area contributed by atoms with E-state index >= 15 is 0 Å². The topological polar surface area (TPSA) is 69.6 Å². The van der Waals surface area contributed by atoms with E-state index in [1.54, 1.807) is 0 Å². The van der Waals surface area contributed by atoms with E-state index in [9.17, 15) is 4.79 Å². The van der Waals surface area contributed by atoms with Gasteiger partial charge in [0.15, 0.2) is 0 Å². The summed E-state index contributed by atoms with van der Waals surface area (Å²) in [6.45, 7) is 0.428. The molecule has 0 aliphatic rings. The molecule has 0 spiro atoms. The third-order valence-corrected chi connectivity index (χ3v) is 1.46. The standard InChI is InChI=1S/C6H13NO3S/c8-3-1-2-7-6(10)5(9)4-11/h5,8-9,11H,1-4H2,(H,7,10). The number of amides is 1. The highest BCUT2D eigenvalue weighted by Crippen LogP contribution is 1.86. The van der Waals surface area contributed by atoms with Gasteiger partial charge < -0.3 is 15.5 Å². The van der Waals surface area contributed by atoms with Gasteiger partial charge in [0.25, 0.3) is 0 Å². The molecule has 1 amide bonds. The van der Waals surface area contributed by atoms with Gasteiger partial charge in [0.1, 0.15) is 6.10 Å². The third-order valence-electron chi connectivity index (χ3n) is 1.11. The first-order valence-electron chi connectivity index (χ1n) is 3.40. The molecule has 0 aliphatic carbocycles. The first-order valence-corrected chi connectivity index (χ1v) is 4.03. The number of aliphatic hydroxyl groups excluding tert-OH is 2. The Balaban J connectivity index is 3.36. The van der Waals surface area contributed by atoms with Crippen LogP contribution in [0.2, 0.25) is 0 Å². The summed E-state index contributed by atoms with van der Waals surface area (Å²) in [6, 6.07) is 0. The first kappa shape index (κ1) is 10.7. The number of aliphatic hydroxyl groups is 2. The Morgan fingerprint density at radius 3 is 2.73 bits per heavy atom. The number of carbonyl (C=O) groups excluding carboxylic acids is 1. The number of rotatable bonds is 5. The van der Waals surface area contributed by atoms with Crippen molar-refractivity contribution >= 4 is 18.5 Å². The molecule has 66 valence electrons. The Morgan fingerprint density at radius 2 is 2.27 bits per heavy atom. The lowest BCUT2D eigenvalue weighted by molar-refractivity contribution is -0.128. The maximum Gasteiger partial charge on any atom is 0.249 e. The predicted octanol–water partition coefficient (Wildman–Crippen LogP) is -1.22. The molecule has 0 aromatic rings. The van der Waals surface area contributed by atoms with Crippen molar-refractivity contribution in [2.24, 2.45) is 0 Å². The molecule has 0 heterocycles. The molecule has 1 atom stereocenters. The SMILES string of the molecule is O=C(NCCCO)C(O)CS. The van der Waals surface area contributed by atoms with E-state index in [-0.39, 0.29) is 12.4 Å². The van der Waals surface area contributed by atoms with E-state index in [1.165, 1.54) is 0 Å². The Morgan fingerprint density at radius 1 is 1.64 bits per heavy atom. The van der Waals surface area contributed by atoms with Gasteiger partial charge in [0.05, 0.1) is 0 Å². The molecule has 4 nitrogen and oxygen atoms in total. The van der Waals surface area contributed by atoms with Crippen LogP contribution in [-0.2, 0) is 4.79 Å². The van der Waals surface area contributed by atoms with Crippen molar-refractivity contribution in [2.75, 3.05) is 18.9 Å². The summed E-state index contributed by atoms with van der Waals surface area (Å²) in [4.78, 5) is 10.8. The van der Waals surface area contributed by atoms with Crippen LogP contribution in [0.15, 0.2) is 0 Å². The number of nitrogens with one attached hydrogen (secondary N) is 1. The lowest BCUT2D eigenvalue weighted by atomic mass is 10.3. The van der Waals surface area contributed by atoms with Crippen molar-refractivity contribution < 1.29 is 15.0 Å². The summed E-state index contributed by atoms with van der Waals surface area (Å²) in [5.41, 5.74) is 0. The molecule has 11 heavy (non-hydrogen) atoms. The summed E-state index contributed by atoms with van der Waals surface area (Å²) in [5.74, 6) is -0.321. The van der Waals surface area contributed by atoms with E-state index < -0.39 is 12.0 Å². The van der Waals surface area contributed by atoms with Crippen LogP contribution in [0.3, 0.4) is 0 Å². The number of thiol groups is 1. The quantitative estimate of drug-likeness (QED) is 0.316. The zero-order valence-electron chi connectivity index (χ0n) is 6.16. The summed E-state index contributed by atoms with van der Waals surface area (Å²) in [7, 11) is 0. The lowest BCUT2D eigenvalue weighted by Gasteiger charge is -2.07. The van der Waals surface area contributed by atoms with Crippen LogP contribution in [0.4, 0.5) is 0 Å². The molecule has 0 aromatic heterocycles. The van der Waals surface area contributed by atoms with Gasteiger partial charge in [-0.15, -0.1) is 0 Å². The van der Waals surface area contributed by atoms with Crippen LogP contribution in [-0.4, -0.2) is 41.1 Å². The molecule has 0 bridgehead atoms. The zero-order valence-corrected chi connectivity index (χ0v) is 7.05. The van der Waals surface area contributed by atoms with Crippen molar-refractivity contribution in [2.45, 2.75) is 12.5 Å². The molecule has 0 aliphatic heterocycles. The zero-order chi connectivity index (χ0) is 8.69. The summed E-state index contributed by atoms with van der Waals surface area (Å²) >= 11 is 3.74. The summed E-state index contributed by atoms with van der Waals surface area (Å²) < 4.78 is 0. The molecule has 3 N–H and O–H groups in total. The number of carbonyl (C=O) groups is 1. The fourth-order valence-corrected chi connectivity index (χ4v) is 0.657. The van der Waals surface area contributed by atoms with Gasteiger partial charge in [0, 0.05) is 18.9 Å². The minimum atomic E-state index is -1.04. The second-order valence-electron chi connectivity index (χ2n) is 2.07. The van der Waals surface area contributed by atoms with Crippen LogP contribution in [0.1, 0.15) is 6.42 Å². The van der Waals surface area contributed by atoms with E-state index in [4.69, 9.17) is 10.2 Å². The second-order valence-corrected chi connectivity index (χ2v) is 2.43. The average molecular weight is 179 g/mol. The normalized spacial score (nSPS) is 12.6. The van der Waals surface area contributed by atoms with Crippen molar-refractivity contribution in [3.05, 3.63) is 0 Å². The van der Waals surface area contributed by atoms with Crippen molar-refractivity contribution in [3.8, 4) is 0 Å². The molecule has 0 saturated heterocycles. The van der Waals surface area contributed by atoms with Crippen molar-refractivity contribution in [1.82, 2.24) is 5.32 Å². The van der Waals surface area contributed by atoms with Crippen molar-refractivity contribution in [1.29, 1.82) is 0 Å². The van der Waals surface area contributed by atoms with Crippen LogP contribution in [0.5, 0.6) is 0 Å². The lowest BCUT2D eigenvalue weighted by Crippen LogP contribution is -2.36. The maximum atomic E-state index is 10.8. The van der Waals surface area contributed by atoms with Gasteiger partial charge in [-0.2, -0.15) is 12.6 Å². The van der Waals surface area contributed by atoms with E-state index in [0.29, 0.717) is 13.0 Å². The highest BCUT2D eigenvalue weighted by molar-refractivity contribution is 7.80. The van der Waals surface area contributed by atoms with Gasteiger partial charge in [-0.3, -0.25) is 4.79 Å². The molecule has 0 rings (SSSR count). The Labute approximate surface area is 71.0 Å². The minimum absolute atomic E-state index is 0.0389. The first-order chi connectivity index (χ1) is 5.22. The van der Waals surface area contributed by atoms with E-state index in [0.717, 1.165) is 0 Å². The van der Waals surface area contributed by atoms with Gasteiger partial charge in [-0.1, -0.05) is 0 Å². The highest BCUT2D eigenvalue weighted by Gasteiger charge is 2.10.